The number of rotatable bonds is 6. The van der Waals surface area contributed by atoms with Crippen molar-refractivity contribution in [1.82, 2.24) is 20.3 Å². The van der Waals surface area contributed by atoms with E-state index in [2.05, 4.69) is 30.9 Å². The van der Waals surface area contributed by atoms with Crippen LogP contribution >= 0.6 is 0 Å². The van der Waals surface area contributed by atoms with Crippen LogP contribution < -0.4 is 20.7 Å². The highest BCUT2D eigenvalue weighted by Crippen LogP contribution is 2.28. The Hall–Kier alpha value is -5.26. The third-order valence-corrected chi connectivity index (χ3v) is 5.63. The number of aromatic nitrogens is 3. The van der Waals surface area contributed by atoms with E-state index in [1.165, 1.54) is 31.8 Å². The Morgan fingerprint density at radius 3 is 2.70 bits per heavy atom. The van der Waals surface area contributed by atoms with Crippen LogP contribution in [-0.2, 0) is 16.1 Å². The Kier molecular flexibility index (Phi) is 6.20. The Morgan fingerprint density at radius 2 is 1.89 bits per heavy atom. The normalized spacial score (nSPS) is 12.2. The SMILES string of the molecule is COC(=O)c1ccccc1C(=O)Nc1c[nH]c2c(C(=O)NCc3ccc4c(c3)NC(=O)CO4)ncnc12. The summed E-state index contributed by atoms with van der Waals surface area (Å²) in [5.74, 6) is -1.35. The topological polar surface area (TPSA) is 164 Å². The van der Waals surface area contributed by atoms with Crippen molar-refractivity contribution in [2.24, 2.45) is 0 Å². The molecule has 0 saturated carbocycles. The smallest absolute Gasteiger partial charge is 0.338 e. The van der Waals surface area contributed by atoms with Crippen molar-refractivity contribution >= 4 is 46.1 Å². The summed E-state index contributed by atoms with van der Waals surface area (Å²) in [4.78, 5) is 60.6. The molecule has 12 heteroatoms. The number of amides is 3. The zero-order chi connectivity index (χ0) is 25.9. The van der Waals surface area contributed by atoms with Crippen molar-refractivity contribution in [3.63, 3.8) is 0 Å². The minimum absolute atomic E-state index is 0.0385. The fourth-order valence-electron chi connectivity index (χ4n) is 3.87. The minimum Gasteiger partial charge on any atom is -0.482 e. The Balaban J connectivity index is 1.33. The summed E-state index contributed by atoms with van der Waals surface area (Å²) in [6.07, 6.45) is 2.70. The molecule has 0 fully saturated rings. The number of H-pyrrole nitrogens is 1. The number of carbonyl (C=O) groups excluding carboxylic acids is 4. The first-order valence-corrected chi connectivity index (χ1v) is 11.1. The average Bonchev–Trinajstić information content (AvgIpc) is 3.33. The Labute approximate surface area is 209 Å². The first-order chi connectivity index (χ1) is 17.9. The molecule has 2 aromatic carbocycles. The highest BCUT2D eigenvalue weighted by Gasteiger charge is 2.21. The lowest BCUT2D eigenvalue weighted by molar-refractivity contribution is -0.118. The second-order valence-electron chi connectivity index (χ2n) is 7.99. The maximum atomic E-state index is 12.9. The summed E-state index contributed by atoms with van der Waals surface area (Å²) in [6, 6.07) is 11.5. The van der Waals surface area contributed by atoms with E-state index in [0.29, 0.717) is 28.2 Å². The van der Waals surface area contributed by atoms with Crippen LogP contribution in [0.15, 0.2) is 55.0 Å². The number of carbonyl (C=O) groups is 4. The zero-order valence-electron chi connectivity index (χ0n) is 19.5. The summed E-state index contributed by atoms with van der Waals surface area (Å²) >= 11 is 0. The second kappa shape index (κ2) is 9.77. The zero-order valence-corrected chi connectivity index (χ0v) is 19.5. The van der Waals surface area contributed by atoms with E-state index in [4.69, 9.17) is 9.47 Å². The molecule has 3 heterocycles. The number of ether oxygens (including phenoxy) is 2. The molecule has 0 atom stereocenters. The van der Waals surface area contributed by atoms with Gasteiger partial charge in [-0.1, -0.05) is 18.2 Å². The molecule has 4 aromatic rings. The summed E-state index contributed by atoms with van der Waals surface area (Å²) < 4.78 is 10.1. The van der Waals surface area contributed by atoms with Gasteiger partial charge in [0, 0.05) is 12.7 Å². The largest absolute Gasteiger partial charge is 0.482 e. The van der Waals surface area contributed by atoms with E-state index in [0.717, 1.165) is 5.56 Å². The Bertz CT molecular complexity index is 1560. The number of hydrogen-bond acceptors (Lipinski definition) is 8. The van der Waals surface area contributed by atoms with Gasteiger partial charge in [-0.15, -0.1) is 0 Å². The highest BCUT2D eigenvalue weighted by molar-refractivity contribution is 6.14. The lowest BCUT2D eigenvalue weighted by atomic mass is 10.1. The van der Waals surface area contributed by atoms with Gasteiger partial charge in [0.2, 0.25) is 0 Å². The van der Waals surface area contributed by atoms with Gasteiger partial charge in [0.15, 0.2) is 12.3 Å². The number of anilines is 2. The molecule has 186 valence electrons. The maximum absolute atomic E-state index is 12.9. The monoisotopic (exact) mass is 500 g/mol. The van der Waals surface area contributed by atoms with Gasteiger partial charge >= 0.3 is 5.97 Å². The fourth-order valence-corrected chi connectivity index (χ4v) is 3.87. The number of nitrogens with zero attached hydrogens (tertiary/aromatic N) is 2. The maximum Gasteiger partial charge on any atom is 0.338 e. The lowest BCUT2D eigenvalue weighted by Gasteiger charge is -2.18. The molecule has 0 saturated heterocycles. The van der Waals surface area contributed by atoms with Crippen LogP contribution in [0.2, 0.25) is 0 Å². The average molecular weight is 500 g/mol. The molecule has 3 amide bonds. The molecule has 0 unspecified atom stereocenters. The van der Waals surface area contributed by atoms with Gasteiger partial charge in [0.05, 0.1) is 35.1 Å². The quantitative estimate of drug-likeness (QED) is 0.293. The van der Waals surface area contributed by atoms with Gasteiger partial charge in [0.1, 0.15) is 17.6 Å². The highest BCUT2D eigenvalue weighted by atomic mass is 16.5. The first-order valence-electron chi connectivity index (χ1n) is 11.1. The van der Waals surface area contributed by atoms with Gasteiger partial charge in [-0.25, -0.2) is 14.8 Å². The predicted molar refractivity (Wildman–Crippen MR) is 131 cm³/mol. The fraction of sp³-hybridized carbons (Fsp3) is 0.120. The molecule has 2 aromatic heterocycles. The molecule has 5 rings (SSSR count). The summed E-state index contributed by atoms with van der Waals surface area (Å²) in [7, 11) is 1.23. The van der Waals surface area contributed by atoms with Crippen molar-refractivity contribution in [2.75, 3.05) is 24.4 Å². The number of nitrogens with one attached hydrogen (secondary N) is 4. The number of aromatic amines is 1. The van der Waals surface area contributed by atoms with Gasteiger partial charge in [-0.3, -0.25) is 14.4 Å². The van der Waals surface area contributed by atoms with E-state index < -0.39 is 17.8 Å². The van der Waals surface area contributed by atoms with Crippen LogP contribution in [0.5, 0.6) is 5.75 Å². The molecule has 1 aliphatic rings. The van der Waals surface area contributed by atoms with Crippen molar-refractivity contribution in [3.8, 4) is 5.75 Å². The van der Waals surface area contributed by atoms with Crippen molar-refractivity contribution in [2.45, 2.75) is 6.54 Å². The third-order valence-electron chi connectivity index (χ3n) is 5.63. The summed E-state index contributed by atoms with van der Waals surface area (Å²) in [5, 5.41) is 8.22. The first kappa shape index (κ1) is 23.5. The molecule has 12 nitrogen and oxygen atoms in total. The second-order valence-corrected chi connectivity index (χ2v) is 7.99. The van der Waals surface area contributed by atoms with Gasteiger partial charge in [-0.05, 0) is 29.8 Å². The molecule has 4 N–H and O–H groups in total. The van der Waals surface area contributed by atoms with Crippen LogP contribution in [0.4, 0.5) is 11.4 Å². The molecule has 0 bridgehead atoms. The van der Waals surface area contributed by atoms with Gasteiger partial charge < -0.3 is 30.4 Å². The summed E-state index contributed by atoms with van der Waals surface area (Å²) in [6.45, 7) is 0.130. The number of methoxy groups -OCH3 is 1. The molecular formula is C25H20N6O6. The molecular weight excluding hydrogens is 480 g/mol. The molecule has 0 radical (unpaired) electrons. The van der Waals surface area contributed by atoms with Crippen LogP contribution in [0.25, 0.3) is 11.0 Å². The van der Waals surface area contributed by atoms with E-state index in [-0.39, 0.29) is 35.9 Å². The van der Waals surface area contributed by atoms with E-state index in [1.807, 2.05) is 0 Å². The number of hydrogen-bond donors (Lipinski definition) is 4. The van der Waals surface area contributed by atoms with E-state index in [9.17, 15) is 19.2 Å². The molecule has 37 heavy (non-hydrogen) atoms. The van der Waals surface area contributed by atoms with Crippen LogP contribution in [0.3, 0.4) is 0 Å². The van der Waals surface area contributed by atoms with Crippen LogP contribution in [0.1, 0.15) is 36.8 Å². The van der Waals surface area contributed by atoms with Gasteiger partial charge in [-0.2, -0.15) is 0 Å². The third kappa shape index (κ3) is 4.67. The predicted octanol–water partition coefficient (Wildman–Crippen LogP) is 2.26. The lowest BCUT2D eigenvalue weighted by Crippen LogP contribution is -2.26. The van der Waals surface area contributed by atoms with E-state index >= 15 is 0 Å². The number of esters is 1. The van der Waals surface area contributed by atoms with Crippen molar-refractivity contribution in [1.29, 1.82) is 0 Å². The van der Waals surface area contributed by atoms with Crippen molar-refractivity contribution in [3.05, 3.63) is 77.4 Å². The number of benzene rings is 2. The minimum atomic E-state index is -0.639. The Morgan fingerprint density at radius 1 is 1.08 bits per heavy atom. The number of fused-ring (bicyclic) bond motifs is 2. The summed E-state index contributed by atoms with van der Waals surface area (Å²) in [5.41, 5.74) is 2.54. The molecule has 0 aliphatic carbocycles. The van der Waals surface area contributed by atoms with Crippen LogP contribution in [0, 0.1) is 0 Å². The standard InChI is InChI=1S/C25H20N6O6/c1-36-25(35)15-5-3-2-4-14(15)23(33)31-17-10-26-21-20(17)28-12-29-22(21)24(34)27-9-13-6-7-18-16(8-13)30-19(32)11-37-18/h2-8,10,12,26H,9,11H2,1H3,(H,27,34)(H,30,32)(H,31,33). The van der Waals surface area contributed by atoms with Crippen LogP contribution in [-0.4, -0.2) is 52.4 Å². The van der Waals surface area contributed by atoms with Gasteiger partial charge in [0.25, 0.3) is 17.7 Å². The van der Waals surface area contributed by atoms with Crippen molar-refractivity contribution < 1.29 is 28.7 Å². The molecule has 0 spiro atoms. The molecule has 1 aliphatic heterocycles. The van der Waals surface area contributed by atoms with E-state index in [1.54, 1.807) is 30.3 Å².